The smallest absolute Gasteiger partial charge is 0.0386 e. The third kappa shape index (κ3) is 5.44. The highest BCUT2D eigenvalue weighted by molar-refractivity contribution is 4.73. The molecular formula is C17H34. The normalized spacial score (nSPS) is 20.5. The second-order valence-corrected chi connectivity index (χ2v) is 6.18. The van der Waals surface area contributed by atoms with Crippen molar-refractivity contribution in [1.29, 1.82) is 0 Å². The molecule has 1 rings (SSSR count). The maximum atomic E-state index is 2.42. The Morgan fingerprint density at radius 3 is 1.82 bits per heavy atom. The van der Waals surface area contributed by atoms with Crippen LogP contribution in [-0.2, 0) is 0 Å². The van der Waals surface area contributed by atoms with Gasteiger partial charge in [0.25, 0.3) is 0 Å². The first-order chi connectivity index (χ1) is 8.31. The SMILES string of the molecule is CCC(CC)CCC(CC)C1CCCCCC1. The summed E-state index contributed by atoms with van der Waals surface area (Å²) >= 11 is 0. The van der Waals surface area contributed by atoms with E-state index in [-0.39, 0.29) is 0 Å². The molecule has 0 aromatic rings. The van der Waals surface area contributed by atoms with Gasteiger partial charge in [0.2, 0.25) is 0 Å². The molecular weight excluding hydrogens is 204 g/mol. The van der Waals surface area contributed by atoms with Gasteiger partial charge in [-0.05, 0) is 24.2 Å². The summed E-state index contributed by atoms with van der Waals surface area (Å²) in [4.78, 5) is 0. The lowest BCUT2D eigenvalue weighted by atomic mass is 9.79. The Labute approximate surface area is 110 Å². The van der Waals surface area contributed by atoms with E-state index >= 15 is 0 Å². The van der Waals surface area contributed by atoms with Crippen LogP contribution in [0, 0.1) is 17.8 Å². The van der Waals surface area contributed by atoms with Crippen LogP contribution in [0.2, 0.25) is 0 Å². The summed E-state index contributed by atoms with van der Waals surface area (Å²) in [5.41, 5.74) is 0. The monoisotopic (exact) mass is 238 g/mol. The summed E-state index contributed by atoms with van der Waals surface area (Å²) in [6.07, 6.45) is 16.3. The highest BCUT2D eigenvalue weighted by Crippen LogP contribution is 2.34. The highest BCUT2D eigenvalue weighted by Gasteiger charge is 2.21. The van der Waals surface area contributed by atoms with E-state index in [0.29, 0.717) is 0 Å². The first-order valence-electron chi connectivity index (χ1n) is 8.31. The van der Waals surface area contributed by atoms with Gasteiger partial charge in [-0.2, -0.15) is 0 Å². The Morgan fingerprint density at radius 2 is 1.35 bits per heavy atom. The molecule has 0 nitrogen and oxygen atoms in total. The van der Waals surface area contributed by atoms with Crippen LogP contribution in [0.5, 0.6) is 0 Å². The number of hydrogen-bond acceptors (Lipinski definition) is 0. The summed E-state index contributed by atoms with van der Waals surface area (Å²) in [7, 11) is 0. The molecule has 1 saturated carbocycles. The lowest BCUT2D eigenvalue weighted by Gasteiger charge is -2.26. The lowest BCUT2D eigenvalue weighted by Crippen LogP contribution is -2.15. The van der Waals surface area contributed by atoms with E-state index in [4.69, 9.17) is 0 Å². The van der Waals surface area contributed by atoms with Gasteiger partial charge in [0, 0.05) is 0 Å². The maximum Gasteiger partial charge on any atom is -0.0386 e. The van der Waals surface area contributed by atoms with Crippen molar-refractivity contribution >= 4 is 0 Å². The van der Waals surface area contributed by atoms with Gasteiger partial charge in [0.15, 0.2) is 0 Å². The van der Waals surface area contributed by atoms with Crippen molar-refractivity contribution in [1.82, 2.24) is 0 Å². The van der Waals surface area contributed by atoms with Crippen molar-refractivity contribution in [3.63, 3.8) is 0 Å². The molecule has 1 fully saturated rings. The summed E-state index contributed by atoms with van der Waals surface area (Å²) < 4.78 is 0. The molecule has 17 heavy (non-hydrogen) atoms. The number of rotatable bonds is 7. The van der Waals surface area contributed by atoms with Crippen LogP contribution in [0.4, 0.5) is 0 Å². The Bertz CT molecular complexity index is 161. The van der Waals surface area contributed by atoms with Gasteiger partial charge in [-0.1, -0.05) is 85.0 Å². The van der Waals surface area contributed by atoms with Gasteiger partial charge >= 0.3 is 0 Å². The van der Waals surface area contributed by atoms with Crippen molar-refractivity contribution in [2.75, 3.05) is 0 Å². The Hall–Kier alpha value is 0. The molecule has 0 amide bonds. The first-order valence-corrected chi connectivity index (χ1v) is 8.31. The van der Waals surface area contributed by atoms with Crippen LogP contribution in [0.1, 0.15) is 91.4 Å². The van der Waals surface area contributed by atoms with Gasteiger partial charge in [-0.25, -0.2) is 0 Å². The minimum atomic E-state index is 0.995. The highest BCUT2D eigenvalue weighted by atomic mass is 14.3. The zero-order valence-corrected chi connectivity index (χ0v) is 12.5. The molecule has 102 valence electrons. The molecule has 1 aliphatic carbocycles. The third-order valence-corrected chi connectivity index (χ3v) is 5.19. The molecule has 0 heterocycles. The standard InChI is InChI=1S/C17H34/c1-4-15(5-2)13-14-16(6-3)17-11-9-7-8-10-12-17/h15-17H,4-14H2,1-3H3. The van der Waals surface area contributed by atoms with Crippen LogP contribution >= 0.6 is 0 Å². The van der Waals surface area contributed by atoms with Crippen LogP contribution in [0.15, 0.2) is 0 Å². The van der Waals surface area contributed by atoms with Gasteiger partial charge in [-0.3, -0.25) is 0 Å². The van der Waals surface area contributed by atoms with E-state index in [2.05, 4.69) is 20.8 Å². The second-order valence-electron chi connectivity index (χ2n) is 6.18. The number of hydrogen-bond donors (Lipinski definition) is 0. The molecule has 0 N–H and O–H groups in total. The molecule has 0 radical (unpaired) electrons. The molecule has 0 saturated heterocycles. The zero-order valence-electron chi connectivity index (χ0n) is 12.5. The average Bonchev–Trinajstić information content (AvgIpc) is 2.64. The minimum absolute atomic E-state index is 0.995. The molecule has 0 aromatic heterocycles. The Morgan fingerprint density at radius 1 is 0.765 bits per heavy atom. The van der Waals surface area contributed by atoms with E-state index in [9.17, 15) is 0 Å². The van der Waals surface area contributed by atoms with Crippen molar-refractivity contribution in [3.8, 4) is 0 Å². The molecule has 0 aromatic carbocycles. The fraction of sp³-hybridized carbons (Fsp3) is 1.00. The topological polar surface area (TPSA) is 0 Å². The first kappa shape index (κ1) is 15.1. The van der Waals surface area contributed by atoms with Crippen LogP contribution in [-0.4, -0.2) is 0 Å². The van der Waals surface area contributed by atoms with E-state index in [1.807, 2.05) is 0 Å². The predicted octanol–water partition coefficient (Wildman–Crippen LogP) is 6.20. The van der Waals surface area contributed by atoms with E-state index < -0.39 is 0 Å². The molecule has 1 atom stereocenters. The van der Waals surface area contributed by atoms with Gasteiger partial charge in [0.05, 0.1) is 0 Å². The molecule has 0 spiro atoms. The van der Waals surface area contributed by atoms with Gasteiger partial charge in [0.1, 0.15) is 0 Å². The van der Waals surface area contributed by atoms with E-state index in [1.54, 1.807) is 0 Å². The lowest BCUT2D eigenvalue weighted by molar-refractivity contribution is 0.250. The summed E-state index contributed by atoms with van der Waals surface area (Å²) in [6, 6.07) is 0. The molecule has 0 bridgehead atoms. The fourth-order valence-corrected chi connectivity index (χ4v) is 3.70. The fourth-order valence-electron chi connectivity index (χ4n) is 3.70. The molecule has 0 heteroatoms. The third-order valence-electron chi connectivity index (χ3n) is 5.19. The Kier molecular flexibility index (Phi) is 7.97. The summed E-state index contributed by atoms with van der Waals surface area (Å²) in [5.74, 6) is 3.10. The molecule has 0 aliphatic heterocycles. The van der Waals surface area contributed by atoms with Gasteiger partial charge < -0.3 is 0 Å². The second kappa shape index (κ2) is 9.00. The minimum Gasteiger partial charge on any atom is -0.0651 e. The zero-order chi connectivity index (χ0) is 12.5. The van der Waals surface area contributed by atoms with Crippen LogP contribution in [0.3, 0.4) is 0 Å². The maximum absolute atomic E-state index is 2.42. The average molecular weight is 238 g/mol. The van der Waals surface area contributed by atoms with Gasteiger partial charge in [-0.15, -0.1) is 0 Å². The summed E-state index contributed by atoms with van der Waals surface area (Å²) in [5, 5.41) is 0. The van der Waals surface area contributed by atoms with E-state index in [1.165, 1.54) is 70.6 Å². The van der Waals surface area contributed by atoms with Crippen LogP contribution < -0.4 is 0 Å². The van der Waals surface area contributed by atoms with Crippen molar-refractivity contribution in [3.05, 3.63) is 0 Å². The van der Waals surface area contributed by atoms with Crippen molar-refractivity contribution in [2.24, 2.45) is 17.8 Å². The molecule has 1 aliphatic rings. The summed E-state index contributed by atoms with van der Waals surface area (Å²) in [6.45, 7) is 7.14. The van der Waals surface area contributed by atoms with Crippen LogP contribution in [0.25, 0.3) is 0 Å². The largest absolute Gasteiger partial charge is 0.0651 e. The molecule has 1 unspecified atom stereocenters. The predicted molar refractivity (Wildman–Crippen MR) is 78.3 cm³/mol. The quantitative estimate of drug-likeness (QED) is 0.463. The van der Waals surface area contributed by atoms with Crippen molar-refractivity contribution < 1.29 is 0 Å². The van der Waals surface area contributed by atoms with E-state index in [0.717, 1.165) is 17.8 Å². The van der Waals surface area contributed by atoms with Crippen molar-refractivity contribution in [2.45, 2.75) is 91.4 Å². The Balaban J connectivity index is 2.35.